The van der Waals surface area contributed by atoms with Gasteiger partial charge >= 0.3 is 0 Å². The van der Waals surface area contributed by atoms with Gasteiger partial charge in [0.05, 0.1) is 17.0 Å². The number of rotatable bonds is 5. The highest BCUT2D eigenvalue weighted by molar-refractivity contribution is 7.98. The van der Waals surface area contributed by atoms with Gasteiger partial charge in [0, 0.05) is 22.7 Å². The van der Waals surface area contributed by atoms with Crippen molar-refractivity contribution in [3.8, 4) is 0 Å². The summed E-state index contributed by atoms with van der Waals surface area (Å²) >= 11 is 1.42. The number of nitrogens with one attached hydrogen (secondary N) is 1. The Morgan fingerprint density at radius 2 is 1.88 bits per heavy atom. The standard InChI is InChI=1S/C18H14F2N2O2S/c1-11-6-15(24-22-11)10-25-17-5-3-2-4-16(17)18(23)21-14-8-12(19)7-13(20)9-14/h2-9H,10H2,1H3,(H,21,23). The number of amides is 1. The van der Waals surface area contributed by atoms with E-state index in [1.54, 1.807) is 18.2 Å². The molecule has 1 heterocycles. The number of benzene rings is 2. The third-order valence-electron chi connectivity index (χ3n) is 3.30. The van der Waals surface area contributed by atoms with E-state index in [1.165, 1.54) is 11.8 Å². The van der Waals surface area contributed by atoms with Crippen LogP contribution in [-0.4, -0.2) is 11.1 Å². The first kappa shape index (κ1) is 17.2. The molecule has 4 nitrogen and oxygen atoms in total. The highest BCUT2D eigenvalue weighted by Gasteiger charge is 2.13. The molecular weight excluding hydrogens is 346 g/mol. The molecule has 1 N–H and O–H groups in total. The van der Waals surface area contributed by atoms with Crippen LogP contribution in [-0.2, 0) is 5.75 Å². The first-order valence-corrected chi connectivity index (χ1v) is 8.41. The Morgan fingerprint density at radius 3 is 2.56 bits per heavy atom. The van der Waals surface area contributed by atoms with Crippen molar-refractivity contribution in [3.05, 3.63) is 77.2 Å². The molecule has 25 heavy (non-hydrogen) atoms. The third-order valence-corrected chi connectivity index (χ3v) is 4.39. The van der Waals surface area contributed by atoms with E-state index < -0.39 is 17.5 Å². The number of thioether (sulfide) groups is 1. The molecule has 0 aliphatic rings. The normalized spacial score (nSPS) is 10.7. The van der Waals surface area contributed by atoms with E-state index in [0.717, 1.165) is 28.8 Å². The molecule has 0 saturated heterocycles. The van der Waals surface area contributed by atoms with Crippen molar-refractivity contribution in [1.29, 1.82) is 0 Å². The molecule has 3 aromatic rings. The Morgan fingerprint density at radius 1 is 1.16 bits per heavy atom. The highest BCUT2D eigenvalue weighted by atomic mass is 32.2. The Balaban J connectivity index is 1.76. The summed E-state index contributed by atoms with van der Waals surface area (Å²) in [7, 11) is 0. The number of carbonyl (C=O) groups is 1. The average Bonchev–Trinajstić information content (AvgIpc) is 2.97. The van der Waals surface area contributed by atoms with Crippen molar-refractivity contribution in [2.45, 2.75) is 17.6 Å². The third kappa shape index (κ3) is 4.45. The summed E-state index contributed by atoms with van der Waals surface area (Å²) in [5.41, 5.74) is 1.26. The van der Waals surface area contributed by atoms with Crippen LogP contribution in [0.1, 0.15) is 21.8 Å². The van der Waals surface area contributed by atoms with Gasteiger partial charge in [-0.2, -0.15) is 0 Å². The van der Waals surface area contributed by atoms with Crippen molar-refractivity contribution >= 4 is 23.4 Å². The van der Waals surface area contributed by atoms with Crippen molar-refractivity contribution < 1.29 is 18.1 Å². The van der Waals surface area contributed by atoms with Gasteiger partial charge in [-0.15, -0.1) is 11.8 Å². The highest BCUT2D eigenvalue weighted by Crippen LogP contribution is 2.27. The number of aryl methyl sites for hydroxylation is 1. The maximum atomic E-state index is 13.3. The van der Waals surface area contributed by atoms with E-state index in [-0.39, 0.29) is 5.69 Å². The number of aromatic nitrogens is 1. The van der Waals surface area contributed by atoms with E-state index >= 15 is 0 Å². The Kier molecular flexibility index (Phi) is 5.14. The number of halogens is 2. The monoisotopic (exact) mass is 360 g/mol. The fourth-order valence-corrected chi connectivity index (χ4v) is 3.16. The largest absolute Gasteiger partial charge is 0.360 e. The first-order chi connectivity index (χ1) is 12.0. The lowest BCUT2D eigenvalue weighted by atomic mass is 10.2. The van der Waals surface area contributed by atoms with Crippen molar-refractivity contribution in [3.63, 3.8) is 0 Å². The number of anilines is 1. The van der Waals surface area contributed by atoms with E-state index in [9.17, 15) is 13.6 Å². The SMILES string of the molecule is Cc1cc(CSc2ccccc2C(=O)Nc2cc(F)cc(F)c2)on1. The smallest absolute Gasteiger partial charge is 0.256 e. The van der Waals surface area contributed by atoms with Crippen LogP contribution in [0.15, 0.2) is 57.9 Å². The Labute approximate surface area is 147 Å². The fraction of sp³-hybridized carbons (Fsp3) is 0.111. The number of carbonyl (C=O) groups excluding carboxylic acids is 1. The summed E-state index contributed by atoms with van der Waals surface area (Å²) in [6.45, 7) is 1.83. The molecule has 0 radical (unpaired) electrons. The van der Waals surface area contributed by atoms with Gasteiger partial charge < -0.3 is 9.84 Å². The van der Waals surface area contributed by atoms with Gasteiger partial charge in [-0.25, -0.2) is 8.78 Å². The summed E-state index contributed by atoms with van der Waals surface area (Å²) in [5.74, 6) is -0.733. The summed E-state index contributed by atoms with van der Waals surface area (Å²) in [6, 6.07) is 11.7. The Hall–Kier alpha value is -2.67. The van der Waals surface area contributed by atoms with Crippen LogP contribution >= 0.6 is 11.8 Å². The lowest BCUT2D eigenvalue weighted by Gasteiger charge is -2.09. The molecule has 3 rings (SSSR count). The van der Waals surface area contributed by atoms with Crippen LogP contribution in [0.25, 0.3) is 0 Å². The quantitative estimate of drug-likeness (QED) is 0.664. The predicted molar refractivity (Wildman–Crippen MR) is 91.6 cm³/mol. The molecule has 1 aromatic heterocycles. The van der Waals surface area contributed by atoms with Crippen LogP contribution in [0.4, 0.5) is 14.5 Å². The second kappa shape index (κ2) is 7.48. The maximum absolute atomic E-state index is 13.3. The van der Waals surface area contributed by atoms with Gasteiger partial charge in [0.15, 0.2) is 0 Å². The lowest BCUT2D eigenvalue weighted by molar-refractivity contribution is 0.102. The zero-order valence-electron chi connectivity index (χ0n) is 13.3. The summed E-state index contributed by atoms with van der Waals surface area (Å²) < 4.78 is 31.7. The number of hydrogen-bond donors (Lipinski definition) is 1. The lowest BCUT2D eigenvalue weighted by Crippen LogP contribution is -2.13. The molecular formula is C18H14F2N2O2S. The minimum absolute atomic E-state index is 0.0631. The van der Waals surface area contributed by atoms with Gasteiger partial charge in [-0.3, -0.25) is 4.79 Å². The Bertz CT molecular complexity index is 891. The van der Waals surface area contributed by atoms with Gasteiger partial charge in [0.2, 0.25) is 0 Å². The molecule has 0 spiro atoms. The van der Waals surface area contributed by atoms with E-state index in [4.69, 9.17) is 4.52 Å². The summed E-state index contributed by atoms with van der Waals surface area (Å²) in [4.78, 5) is 13.2. The minimum Gasteiger partial charge on any atom is -0.360 e. The van der Waals surface area contributed by atoms with Crippen molar-refractivity contribution in [2.75, 3.05) is 5.32 Å². The molecule has 0 aliphatic heterocycles. The number of nitrogens with zero attached hydrogens (tertiary/aromatic N) is 1. The second-order valence-corrected chi connectivity index (χ2v) is 6.35. The molecule has 0 bridgehead atoms. The minimum atomic E-state index is -0.751. The van der Waals surface area contributed by atoms with Crippen LogP contribution < -0.4 is 5.32 Å². The zero-order valence-corrected chi connectivity index (χ0v) is 14.1. The molecule has 0 fully saturated rings. The second-order valence-electron chi connectivity index (χ2n) is 5.33. The molecule has 7 heteroatoms. The van der Waals surface area contributed by atoms with E-state index in [1.807, 2.05) is 19.1 Å². The predicted octanol–water partition coefficient (Wildman–Crippen LogP) is 4.81. The van der Waals surface area contributed by atoms with Crippen molar-refractivity contribution in [2.24, 2.45) is 0 Å². The summed E-state index contributed by atoms with van der Waals surface area (Å²) in [5, 5.41) is 6.33. The first-order valence-electron chi connectivity index (χ1n) is 7.43. The van der Waals surface area contributed by atoms with Crippen LogP contribution in [0.5, 0.6) is 0 Å². The van der Waals surface area contributed by atoms with Crippen molar-refractivity contribution in [1.82, 2.24) is 5.16 Å². The molecule has 2 aromatic carbocycles. The maximum Gasteiger partial charge on any atom is 0.256 e. The molecule has 0 unspecified atom stereocenters. The zero-order chi connectivity index (χ0) is 17.8. The van der Waals surface area contributed by atoms with E-state index in [0.29, 0.717) is 17.1 Å². The topological polar surface area (TPSA) is 55.1 Å². The molecule has 1 amide bonds. The molecule has 0 atom stereocenters. The van der Waals surface area contributed by atoms with Crippen LogP contribution in [0, 0.1) is 18.6 Å². The van der Waals surface area contributed by atoms with Gasteiger partial charge in [0.1, 0.15) is 17.4 Å². The van der Waals surface area contributed by atoms with E-state index in [2.05, 4.69) is 10.5 Å². The van der Waals surface area contributed by atoms with Crippen LogP contribution in [0.3, 0.4) is 0 Å². The molecule has 0 aliphatic carbocycles. The number of hydrogen-bond acceptors (Lipinski definition) is 4. The fourth-order valence-electron chi connectivity index (χ4n) is 2.24. The molecule has 0 saturated carbocycles. The summed E-state index contributed by atoms with van der Waals surface area (Å²) in [6.07, 6.45) is 0. The molecule has 128 valence electrons. The van der Waals surface area contributed by atoms with Gasteiger partial charge in [-0.05, 0) is 31.2 Å². The van der Waals surface area contributed by atoms with Gasteiger partial charge in [0.25, 0.3) is 5.91 Å². The van der Waals surface area contributed by atoms with Gasteiger partial charge in [-0.1, -0.05) is 17.3 Å². The average molecular weight is 360 g/mol. The van der Waals surface area contributed by atoms with Crippen LogP contribution in [0.2, 0.25) is 0 Å².